The molecule has 0 heterocycles. The molecule has 0 saturated heterocycles. The molecule has 3 aromatic carbocycles. The third-order valence-electron chi connectivity index (χ3n) is 3.22. The van der Waals surface area contributed by atoms with E-state index < -0.39 is 0 Å². The van der Waals surface area contributed by atoms with Crippen LogP contribution < -0.4 is 5.01 Å². The van der Waals surface area contributed by atoms with Gasteiger partial charge in [-0.25, -0.2) is 9.40 Å². The van der Waals surface area contributed by atoms with E-state index >= 15 is 0 Å². The van der Waals surface area contributed by atoms with Crippen LogP contribution in [0.5, 0.6) is 0 Å². The second kappa shape index (κ2) is 6.68. The molecule has 3 rings (SSSR count). The number of para-hydroxylation sites is 2. The van der Waals surface area contributed by atoms with E-state index in [0.29, 0.717) is 5.56 Å². The van der Waals surface area contributed by atoms with Crippen molar-refractivity contribution in [3.8, 4) is 0 Å². The largest absolute Gasteiger partial charge is 0.234 e. The molecule has 0 aliphatic rings. The van der Waals surface area contributed by atoms with Crippen LogP contribution in [0.3, 0.4) is 0 Å². The molecule has 0 unspecified atom stereocenters. The van der Waals surface area contributed by atoms with Gasteiger partial charge in [0.15, 0.2) is 0 Å². The number of hydrogen-bond acceptors (Lipinski definition) is 2. The lowest BCUT2D eigenvalue weighted by Gasteiger charge is -2.19. The van der Waals surface area contributed by atoms with Crippen molar-refractivity contribution < 1.29 is 4.39 Å². The molecule has 3 heteroatoms. The van der Waals surface area contributed by atoms with E-state index in [1.165, 1.54) is 12.3 Å². The van der Waals surface area contributed by atoms with Gasteiger partial charge in [0.25, 0.3) is 0 Å². The lowest BCUT2D eigenvalue weighted by atomic mass is 10.2. The van der Waals surface area contributed by atoms with Crippen molar-refractivity contribution in [2.75, 3.05) is 5.01 Å². The Hall–Kier alpha value is -2.94. The standard InChI is InChI=1S/C19H15FN2/c20-19-14-8-7-9-16(19)15-21-22(17-10-3-1-4-11-17)18-12-5-2-6-13-18/h1-15H/b21-15-. The van der Waals surface area contributed by atoms with Crippen LogP contribution >= 0.6 is 0 Å². The minimum absolute atomic E-state index is 0.285. The Bertz CT molecular complexity index is 715. The van der Waals surface area contributed by atoms with E-state index in [4.69, 9.17) is 0 Å². The minimum Gasteiger partial charge on any atom is -0.234 e. The number of hydrogen-bond donors (Lipinski definition) is 0. The van der Waals surface area contributed by atoms with Crippen LogP contribution in [0.15, 0.2) is 90.0 Å². The van der Waals surface area contributed by atoms with Crippen LogP contribution in [0.25, 0.3) is 0 Å². The lowest BCUT2D eigenvalue weighted by molar-refractivity contribution is 0.626. The first kappa shape index (κ1) is 14.0. The highest BCUT2D eigenvalue weighted by Gasteiger charge is 2.07. The Morgan fingerprint density at radius 2 is 1.18 bits per heavy atom. The summed E-state index contributed by atoms with van der Waals surface area (Å²) in [6.45, 7) is 0. The predicted molar refractivity (Wildman–Crippen MR) is 89.0 cm³/mol. The molecule has 0 amide bonds. The summed E-state index contributed by atoms with van der Waals surface area (Å²) >= 11 is 0. The van der Waals surface area contributed by atoms with Crippen molar-refractivity contribution in [1.29, 1.82) is 0 Å². The van der Waals surface area contributed by atoms with Crippen molar-refractivity contribution in [3.63, 3.8) is 0 Å². The van der Waals surface area contributed by atoms with Crippen LogP contribution in [0.4, 0.5) is 15.8 Å². The molecule has 2 nitrogen and oxygen atoms in total. The smallest absolute Gasteiger partial charge is 0.132 e. The maximum atomic E-state index is 13.7. The number of anilines is 2. The summed E-state index contributed by atoms with van der Waals surface area (Å²) in [7, 11) is 0. The van der Waals surface area contributed by atoms with Crippen molar-refractivity contribution in [3.05, 3.63) is 96.3 Å². The molecular weight excluding hydrogens is 275 g/mol. The molecule has 108 valence electrons. The highest BCUT2D eigenvalue weighted by molar-refractivity contribution is 5.82. The topological polar surface area (TPSA) is 15.6 Å². The monoisotopic (exact) mass is 290 g/mol. The number of rotatable bonds is 4. The van der Waals surface area contributed by atoms with Crippen molar-refractivity contribution in [2.45, 2.75) is 0 Å². The zero-order valence-electron chi connectivity index (χ0n) is 11.9. The van der Waals surface area contributed by atoms with Gasteiger partial charge in [-0.15, -0.1) is 0 Å². The van der Waals surface area contributed by atoms with Gasteiger partial charge in [0.2, 0.25) is 0 Å². The predicted octanol–water partition coefficient (Wildman–Crippen LogP) is 5.00. The van der Waals surface area contributed by atoms with E-state index in [1.807, 2.05) is 60.7 Å². The summed E-state index contributed by atoms with van der Waals surface area (Å²) in [6, 6.07) is 26.1. The zero-order chi connectivity index (χ0) is 15.2. The van der Waals surface area contributed by atoms with Gasteiger partial charge < -0.3 is 0 Å². The third kappa shape index (κ3) is 3.20. The van der Waals surface area contributed by atoms with Gasteiger partial charge in [0, 0.05) is 5.56 Å². The molecule has 0 N–H and O–H groups in total. The molecule has 0 fully saturated rings. The number of hydrazone groups is 1. The molecule has 0 aliphatic carbocycles. The second-order valence-electron chi connectivity index (χ2n) is 4.75. The van der Waals surface area contributed by atoms with Crippen LogP contribution in [0.2, 0.25) is 0 Å². The van der Waals surface area contributed by atoms with Crippen molar-refractivity contribution >= 4 is 17.6 Å². The first-order chi connectivity index (χ1) is 10.8. The molecule has 0 aromatic heterocycles. The first-order valence-corrected chi connectivity index (χ1v) is 7.03. The molecule has 0 spiro atoms. The van der Waals surface area contributed by atoms with Crippen LogP contribution in [-0.2, 0) is 0 Å². The highest BCUT2D eigenvalue weighted by atomic mass is 19.1. The number of benzene rings is 3. The van der Waals surface area contributed by atoms with Gasteiger partial charge >= 0.3 is 0 Å². The first-order valence-electron chi connectivity index (χ1n) is 7.03. The molecule has 22 heavy (non-hydrogen) atoms. The van der Waals surface area contributed by atoms with Gasteiger partial charge in [-0.1, -0.05) is 54.6 Å². The van der Waals surface area contributed by atoms with E-state index in [0.717, 1.165) is 11.4 Å². The molecule has 0 bridgehead atoms. The van der Waals surface area contributed by atoms with Crippen LogP contribution in [-0.4, -0.2) is 6.21 Å². The van der Waals surface area contributed by atoms with Crippen molar-refractivity contribution in [2.24, 2.45) is 5.10 Å². The average Bonchev–Trinajstić information content (AvgIpc) is 2.59. The Kier molecular flexibility index (Phi) is 4.25. The van der Waals surface area contributed by atoms with E-state index in [-0.39, 0.29) is 5.82 Å². The Labute approximate surface area is 129 Å². The van der Waals surface area contributed by atoms with Crippen molar-refractivity contribution in [1.82, 2.24) is 0 Å². The molecule has 0 saturated carbocycles. The molecule has 0 radical (unpaired) electrons. The Morgan fingerprint density at radius 3 is 1.73 bits per heavy atom. The molecule has 3 aromatic rings. The van der Waals surface area contributed by atoms with E-state index in [9.17, 15) is 4.39 Å². The summed E-state index contributed by atoms with van der Waals surface area (Å²) in [4.78, 5) is 0. The summed E-state index contributed by atoms with van der Waals surface area (Å²) in [6.07, 6.45) is 1.54. The van der Waals surface area contributed by atoms with Gasteiger partial charge in [-0.05, 0) is 30.3 Å². The van der Waals surface area contributed by atoms with Crippen LogP contribution in [0, 0.1) is 5.82 Å². The third-order valence-corrected chi connectivity index (χ3v) is 3.22. The van der Waals surface area contributed by atoms with Gasteiger partial charge in [-0.2, -0.15) is 5.10 Å². The second-order valence-corrected chi connectivity index (χ2v) is 4.75. The quantitative estimate of drug-likeness (QED) is 0.488. The van der Waals surface area contributed by atoms with E-state index in [2.05, 4.69) is 5.10 Å². The Balaban J connectivity index is 1.98. The lowest BCUT2D eigenvalue weighted by Crippen LogP contribution is -2.09. The number of nitrogens with zero attached hydrogens (tertiary/aromatic N) is 2. The average molecular weight is 290 g/mol. The molecule has 0 atom stereocenters. The fraction of sp³-hybridized carbons (Fsp3) is 0. The Morgan fingerprint density at radius 1 is 0.682 bits per heavy atom. The van der Waals surface area contributed by atoms with Crippen LogP contribution in [0.1, 0.15) is 5.56 Å². The summed E-state index contributed by atoms with van der Waals surface area (Å²) in [5.74, 6) is -0.285. The van der Waals surface area contributed by atoms with Gasteiger partial charge in [-0.3, -0.25) is 0 Å². The summed E-state index contributed by atoms with van der Waals surface area (Å²) in [5, 5.41) is 6.25. The number of halogens is 1. The summed E-state index contributed by atoms with van der Waals surface area (Å²) in [5.41, 5.74) is 2.29. The van der Waals surface area contributed by atoms with E-state index in [1.54, 1.807) is 23.2 Å². The summed E-state index contributed by atoms with van der Waals surface area (Å²) < 4.78 is 13.7. The maximum Gasteiger partial charge on any atom is 0.132 e. The normalized spacial score (nSPS) is 10.8. The maximum absolute atomic E-state index is 13.7. The molecular formula is C19H15FN2. The fourth-order valence-electron chi connectivity index (χ4n) is 2.12. The SMILES string of the molecule is Fc1ccccc1/C=N\N(c1ccccc1)c1ccccc1. The fourth-order valence-corrected chi connectivity index (χ4v) is 2.12. The van der Waals surface area contributed by atoms with Gasteiger partial charge in [0.05, 0.1) is 17.6 Å². The highest BCUT2D eigenvalue weighted by Crippen LogP contribution is 2.25. The van der Waals surface area contributed by atoms with Gasteiger partial charge in [0.1, 0.15) is 5.82 Å². The zero-order valence-corrected chi connectivity index (χ0v) is 11.9. The molecule has 0 aliphatic heterocycles. The minimum atomic E-state index is -0.285.